The molecular weight excluding hydrogens is 361 g/mol. The van der Waals surface area contributed by atoms with E-state index in [1.54, 1.807) is 4.90 Å². The lowest BCUT2D eigenvalue weighted by molar-refractivity contribution is -0.141. The SMILES string of the molecule is CC(C)(C)OC(=O)N1CCCC2(CC(Oc3ccnc(C(F)(F)F)c3)C2)C1. The molecule has 1 saturated heterocycles. The number of piperidine rings is 1. The lowest BCUT2D eigenvalue weighted by Gasteiger charge is -2.52. The summed E-state index contributed by atoms with van der Waals surface area (Å²) in [5, 5.41) is 0. The summed E-state index contributed by atoms with van der Waals surface area (Å²) in [6.07, 6.45) is -0.529. The molecule has 0 atom stereocenters. The van der Waals surface area contributed by atoms with Gasteiger partial charge in [-0.05, 0) is 57.9 Å². The van der Waals surface area contributed by atoms with Gasteiger partial charge in [0, 0.05) is 25.4 Å². The number of ether oxygens (including phenoxy) is 2. The number of aromatic nitrogens is 1. The van der Waals surface area contributed by atoms with Gasteiger partial charge in [0.2, 0.25) is 0 Å². The fourth-order valence-electron chi connectivity index (χ4n) is 3.84. The highest BCUT2D eigenvalue weighted by Crippen LogP contribution is 2.49. The molecule has 1 spiro atoms. The first-order valence-corrected chi connectivity index (χ1v) is 9.14. The van der Waals surface area contributed by atoms with E-state index < -0.39 is 17.5 Å². The fraction of sp³-hybridized carbons (Fsp3) is 0.684. The molecule has 0 bridgehead atoms. The van der Waals surface area contributed by atoms with Crippen LogP contribution in [0.1, 0.15) is 52.1 Å². The van der Waals surface area contributed by atoms with Gasteiger partial charge in [0.15, 0.2) is 0 Å². The number of amides is 1. The highest BCUT2D eigenvalue weighted by Gasteiger charge is 2.49. The van der Waals surface area contributed by atoms with Gasteiger partial charge in [-0.3, -0.25) is 4.98 Å². The molecule has 8 heteroatoms. The summed E-state index contributed by atoms with van der Waals surface area (Å²) >= 11 is 0. The smallest absolute Gasteiger partial charge is 0.433 e. The van der Waals surface area contributed by atoms with Crippen LogP contribution in [0.25, 0.3) is 0 Å². The van der Waals surface area contributed by atoms with E-state index >= 15 is 0 Å². The molecule has 1 amide bonds. The van der Waals surface area contributed by atoms with Crippen LogP contribution in [0.4, 0.5) is 18.0 Å². The second kappa shape index (κ2) is 6.87. The van der Waals surface area contributed by atoms with Crippen molar-refractivity contribution in [2.75, 3.05) is 13.1 Å². The number of hydrogen-bond acceptors (Lipinski definition) is 4. The molecule has 3 rings (SSSR count). The molecule has 27 heavy (non-hydrogen) atoms. The number of carbonyl (C=O) groups excluding carboxylic acids is 1. The van der Waals surface area contributed by atoms with Crippen molar-refractivity contribution >= 4 is 6.09 Å². The average molecular weight is 386 g/mol. The Morgan fingerprint density at radius 3 is 2.63 bits per heavy atom. The number of nitrogens with zero attached hydrogens (tertiary/aromatic N) is 2. The van der Waals surface area contributed by atoms with Gasteiger partial charge < -0.3 is 14.4 Å². The second-order valence-electron chi connectivity index (χ2n) is 8.53. The third-order valence-corrected chi connectivity index (χ3v) is 4.96. The van der Waals surface area contributed by atoms with Gasteiger partial charge in [-0.1, -0.05) is 0 Å². The van der Waals surface area contributed by atoms with Crippen LogP contribution in [0, 0.1) is 5.41 Å². The molecule has 0 aromatic carbocycles. The van der Waals surface area contributed by atoms with Crippen LogP contribution in [0.5, 0.6) is 5.75 Å². The van der Waals surface area contributed by atoms with Crippen molar-refractivity contribution in [1.29, 1.82) is 0 Å². The molecule has 2 heterocycles. The van der Waals surface area contributed by atoms with Gasteiger partial charge in [0.05, 0.1) is 6.10 Å². The summed E-state index contributed by atoms with van der Waals surface area (Å²) in [5.74, 6) is 0.178. The number of alkyl halides is 3. The standard InChI is InChI=1S/C19H25F3N2O3/c1-17(2,3)27-16(25)24-8-4-6-18(12-24)10-14(11-18)26-13-5-7-23-15(9-13)19(20,21)22/h5,7,9,14H,4,6,8,10-12H2,1-3H3. The first-order valence-electron chi connectivity index (χ1n) is 9.14. The summed E-state index contributed by atoms with van der Waals surface area (Å²) in [5.41, 5.74) is -1.52. The fourth-order valence-corrected chi connectivity index (χ4v) is 3.84. The normalized spacial score (nSPS) is 25.9. The number of pyridine rings is 1. The first kappa shape index (κ1) is 19.8. The maximum atomic E-state index is 12.8. The topological polar surface area (TPSA) is 51.7 Å². The molecule has 1 aliphatic heterocycles. The Morgan fingerprint density at radius 1 is 1.30 bits per heavy atom. The van der Waals surface area contributed by atoms with Gasteiger partial charge in [0.1, 0.15) is 17.0 Å². The van der Waals surface area contributed by atoms with E-state index in [4.69, 9.17) is 9.47 Å². The molecule has 150 valence electrons. The monoisotopic (exact) mass is 386 g/mol. The Morgan fingerprint density at radius 2 is 2.00 bits per heavy atom. The maximum absolute atomic E-state index is 12.8. The largest absolute Gasteiger partial charge is 0.490 e. The highest BCUT2D eigenvalue weighted by atomic mass is 19.4. The van der Waals surface area contributed by atoms with Crippen molar-refractivity contribution in [2.45, 2.75) is 64.3 Å². The van der Waals surface area contributed by atoms with Crippen molar-refractivity contribution < 1.29 is 27.4 Å². The summed E-state index contributed by atoms with van der Waals surface area (Å²) in [7, 11) is 0. The van der Waals surface area contributed by atoms with E-state index in [0.29, 0.717) is 13.1 Å². The molecule has 5 nitrogen and oxygen atoms in total. The number of halogens is 3. The Kier molecular flexibility index (Phi) is 5.03. The van der Waals surface area contributed by atoms with Gasteiger partial charge in [0.25, 0.3) is 0 Å². The van der Waals surface area contributed by atoms with Crippen molar-refractivity contribution in [2.24, 2.45) is 5.41 Å². The van der Waals surface area contributed by atoms with Crippen molar-refractivity contribution in [3.8, 4) is 5.75 Å². The van der Waals surface area contributed by atoms with E-state index in [9.17, 15) is 18.0 Å². The van der Waals surface area contributed by atoms with Crippen LogP contribution >= 0.6 is 0 Å². The molecule has 0 radical (unpaired) electrons. The lowest BCUT2D eigenvalue weighted by Crippen LogP contribution is -2.55. The zero-order valence-electron chi connectivity index (χ0n) is 15.8. The lowest BCUT2D eigenvalue weighted by atomic mass is 9.62. The van der Waals surface area contributed by atoms with Crippen LogP contribution in [0.3, 0.4) is 0 Å². The van der Waals surface area contributed by atoms with Gasteiger partial charge >= 0.3 is 12.3 Å². The van der Waals surface area contributed by atoms with Crippen LogP contribution in [0.15, 0.2) is 18.3 Å². The van der Waals surface area contributed by atoms with Gasteiger partial charge in [-0.25, -0.2) is 4.79 Å². The molecule has 1 saturated carbocycles. The van der Waals surface area contributed by atoms with E-state index in [1.165, 1.54) is 6.07 Å². The van der Waals surface area contributed by atoms with Crippen LogP contribution in [-0.4, -0.2) is 40.8 Å². The zero-order valence-corrected chi connectivity index (χ0v) is 15.8. The molecule has 1 aliphatic carbocycles. The molecule has 1 aromatic heterocycles. The average Bonchev–Trinajstić information content (AvgIpc) is 2.51. The molecular formula is C19H25F3N2O3. The second-order valence-corrected chi connectivity index (χ2v) is 8.53. The van der Waals surface area contributed by atoms with Gasteiger partial charge in [-0.15, -0.1) is 0 Å². The van der Waals surface area contributed by atoms with Crippen molar-refractivity contribution in [3.05, 3.63) is 24.0 Å². The minimum Gasteiger partial charge on any atom is -0.490 e. The van der Waals surface area contributed by atoms with Crippen LogP contribution in [0.2, 0.25) is 0 Å². The maximum Gasteiger partial charge on any atom is 0.433 e. The summed E-state index contributed by atoms with van der Waals surface area (Å²) in [6.45, 7) is 6.78. The summed E-state index contributed by atoms with van der Waals surface area (Å²) < 4.78 is 49.4. The Labute approximate surface area is 156 Å². The van der Waals surface area contributed by atoms with Crippen LogP contribution < -0.4 is 4.74 Å². The number of carbonyl (C=O) groups is 1. The van der Waals surface area contributed by atoms with E-state index in [2.05, 4.69) is 4.98 Å². The predicted molar refractivity (Wildman–Crippen MR) is 92.4 cm³/mol. The van der Waals surface area contributed by atoms with E-state index in [1.807, 2.05) is 20.8 Å². The molecule has 1 aromatic rings. The third-order valence-electron chi connectivity index (χ3n) is 4.96. The van der Waals surface area contributed by atoms with Crippen molar-refractivity contribution in [1.82, 2.24) is 9.88 Å². The van der Waals surface area contributed by atoms with Crippen LogP contribution in [-0.2, 0) is 10.9 Å². The predicted octanol–water partition coefficient (Wildman–Crippen LogP) is 4.66. The third kappa shape index (κ3) is 4.84. The van der Waals surface area contributed by atoms with Gasteiger partial charge in [-0.2, -0.15) is 13.2 Å². The quantitative estimate of drug-likeness (QED) is 0.742. The first-order chi connectivity index (χ1) is 12.5. The Bertz CT molecular complexity index is 694. The minimum atomic E-state index is -4.49. The Hall–Kier alpha value is -1.99. The molecule has 2 aliphatic rings. The molecule has 0 unspecified atom stereocenters. The molecule has 0 N–H and O–H groups in total. The zero-order chi connectivity index (χ0) is 19.9. The highest BCUT2D eigenvalue weighted by molar-refractivity contribution is 5.68. The van der Waals surface area contributed by atoms with E-state index in [-0.39, 0.29) is 23.4 Å². The summed E-state index contributed by atoms with van der Waals surface area (Å²) in [6, 6.07) is 2.37. The number of hydrogen-bond donors (Lipinski definition) is 0. The Balaban J connectivity index is 1.56. The number of rotatable bonds is 2. The molecule has 2 fully saturated rings. The summed E-state index contributed by atoms with van der Waals surface area (Å²) in [4.78, 5) is 17.4. The minimum absolute atomic E-state index is 0.0281. The van der Waals surface area contributed by atoms with E-state index in [0.717, 1.165) is 37.9 Å². The van der Waals surface area contributed by atoms with Crippen molar-refractivity contribution in [3.63, 3.8) is 0 Å². The number of likely N-dealkylation sites (tertiary alicyclic amines) is 1.